The van der Waals surface area contributed by atoms with Crippen molar-refractivity contribution in [1.29, 1.82) is 0 Å². The van der Waals surface area contributed by atoms with Gasteiger partial charge in [-0.3, -0.25) is 4.57 Å². The molecule has 0 spiro atoms. The fourth-order valence-corrected chi connectivity index (χ4v) is 1.68. The summed E-state index contributed by atoms with van der Waals surface area (Å²) in [6.07, 6.45) is 9.59. The standard InChI is InChI=1S/C10H21O3P/c1-2-3-4-5-6-7-8-9-10-14(11,12)13/h9-10H,2-8H2,1H3,(H2,11,12,13). The van der Waals surface area contributed by atoms with Gasteiger partial charge in [-0.05, 0) is 12.8 Å². The van der Waals surface area contributed by atoms with Crippen molar-refractivity contribution in [2.75, 3.05) is 0 Å². The van der Waals surface area contributed by atoms with Gasteiger partial charge in [0.2, 0.25) is 0 Å². The topological polar surface area (TPSA) is 57.5 Å². The van der Waals surface area contributed by atoms with E-state index >= 15 is 0 Å². The first kappa shape index (κ1) is 13.9. The molecule has 0 heterocycles. The Morgan fingerprint density at radius 2 is 1.64 bits per heavy atom. The lowest BCUT2D eigenvalue weighted by molar-refractivity contribution is 0.386. The summed E-state index contributed by atoms with van der Waals surface area (Å²) in [6, 6.07) is 0. The molecule has 0 amide bonds. The summed E-state index contributed by atoms with van der Waals surface area (Å²) in [5.41, 5.74) is 0. The number of hydrogen-bond donors (Lipinski definition) is 2. The third-order valence-corrected chi connectivity index (χ3v) is 2.62. The molecule has 0 aromatic carbocycles. The Kier molecular flexibility index (Phi) is 8.15. The van der Waals surface area contributed by atoms with Crippen molar-refractivity contribution in [2.45, 2.75) is 51.9 Å². The molecule has 0 saturated heterocycles. The van der Waals surface area contributed by atoms with Gasteiger partial charge in [0.15, 0.2) is 0 Å². The van der Waals surface area contributed by atoms with Crippen LogP contribution in [0.4, 0.5) is 0 Å². The van der Waals surface area contributed by atoms with Gasteiger partial charge >= 0.3 is 7.60 Å². The number of rotatable bonds is 8. The first-order chi connectivity index (χ1) is 6.56. The number of unbranched alkanes of at least 4 members (excludes halogenated alkanes) is 6. The molecule has 0 aliphatic rings. The minimum atomic E-state index is -3.91. The van der Waals surface area contributed by atoms with Crippen molar-refractivity contribution in [1.82, 2.24) is 0 Å². The Labute approximate surface area is 86.4 Å². The molecular formula is C10H21O3P. The average molecular weight is 220 g/mol. The molecule has 0 bridgehead atoms. The minimum absolute atomic E-state index is 0.775. The van der Waals surface area contributed by atoms with Crippen LogP contribution in [0, 0.1) is 0 Å². The average Bonchev–Trinajstić information content (AvgIpc) is 2.08. The molecule has 0 saturated carbocycles. The Bertz CT molecular complexity index is 196. The Balaban J connectivity index is 3.22. The molecule has 2 N–H and O–H groups in total. The molecule has 14 heavy (non-hydrogen) atoms. The molecule has 0 aromatic heterocycles. The summed E-state index contributed by atoms with van der Waals surface area (Å²) >= 11 is 0. The lowest BCUT2D eigenvalue weighted by Crippen LogP contribution is -1.77. The fourth-order valence-electron chi connectivity index (χ4n) is 1.25. The van der Waals surface area contributed by atoms with Crippen LogP contribution >= 0.6 is 7.60 Å². The second-order valence-corrected chi connectivity index (χ2v) is 5.01. The van der Waals surface area contributed by atoms with E-state index < -0.39 is 7.60 Å². The van der Waals surface area contributed by atoms with Crippen molar-refractivity contribution in [3.8, 4) is 0 Å². The van der Waals surface area contributed by atoms with Gasteiger partial charge in [0.05, 0.1) is 0 Å². The minimum Gasteiger partial charge on any atom is -0.321 e. The molecule has 0 unspecified atom stereocenters. The molecule has 3 nitrogen and oxygen atoms in total. The Morgan fingerprint density at radius 1 is 1.07 bits per heavy atom. The van der Waals surface area contributed by atoms with Crippen LogP contribution in [0.1, 0.15) is 51.9 Å². The van der Waals surface area contributed by atoms with Crippen LogP contribution in [0.2, 0.25) is 0 Å². The van der Waals surface area contributed by atoms with E-state index in [2.05, 4.69) is 6.92 Å². The van der Waals surface area contributed by atoms with E-state index in [9.17, 15) is 4.57 Å². The van der Waals surface area contributed by atoms with Crippen LogP contribution in [0.5, 0.6) is 0 Å². The van der Waals surface area contributed by atoms with Gasteiger partial charge in [-0.25, -0.2) is 0 Å². The van der Waals surface area contributed by atoms with Crippen molar-refractivity contribution in [3.05, 3.63) is 11.9 Å². The third-order valence-electron chi connectivity index (χ3n) is 2.02. The molecule has 0 radical (unpaired) electrons. The Morgan fingerprint density at radius 3 is 2.21 bits per heavy atom. The monoisotopic (exact) mass is 220 g/mol. The molecule has 4 heteroatoms. The summed E-state index contributed by atoms with van der Waals surface area (Å²) < 4.78 is 10.4. The maximum Gasteiger partial charge on any atom is 0.348 e. The van der Waals surface area contributed by atoms with E-state index in [-0.39, 0.29) is 0 Å². The summed E-state index contributed by atoms with van der Waals surface area (Å²) in [5, 5.41) is 0. The van der Waals surface area contributed by atoms with Gasteiger partial charge in [0.1, 0.15) is 0 Å². The quantitative estimate of drug-likeness (QED) is 0.486. The van der Waals surface area contributed by atoms with Crippen LogP contribution in [0.25, 0.3) is 0 Å². The van der Waals surface area contributed by atoms with Crippen LogP contribution < -0.4 is 0 Å². The highest BCUT2D eigenvalue weighted by Gasteiger charge is 2.03. The van der Waals surface area contributed by atoms with E-state index in [1.807, 2.05) is 0 Å². The number of hydrogen-bond acceptors (Lipinski definition) is 1. The van der Waals surface area contributed by atoms with E-state index in [4.69, 9.17) is 9.79 Å². The van der Waals surface area contributed by atoms with Gasteiger partial charge < -0.3 is 9.79 Å². The van der Waals surface area contributed by atoms with Crippen LogP contribution in [-0.2, 0) is 4.57 Å². The van der Waals surface area contributed by atoms with Gasteiger partial charge in [0.25, 0.3) is 0 Å². The second kappa shape index (κ2) is 8.22. The van der Waals surface area contributed by atoms with E-state index in [0.717, 1.165) is 25.1 Å². The highest BCUT2D eigenvalue weighted by atomic mass is 31.2. The molecule has 0 aliphatic carbocycles. The smallest absolute Gasteiger partial charge is 0.321 e. The SMILES string of the molecule is CCCCCCCCC=CP(=O)(O)O. The molecule has 0 rings (SSSR count). The van der Waals surface area contributed by atoms with Gasteiger partial charge in [0, 0.05) is 5.82 Å². The lowest BCUT2D eigenvalue weighted by Gasteiger charge is -1.98. The first-order valence-electron chi connectivity index (χ1n) is 5.29. The molecule has 0 aromatic rings. The summed E-state index contributed by atoms with van der Waals surface area (Å²) in [5.74, 6) is 0.999. The van der Waals surface area contributed by atoms with Gasteiger partial charge in [-0.15, -0.1) is 0 Å². The van der Waals surface area contributed by atoms with Gasteiger partial charge in [-0.2, -0.15) is 0 Å². The fraction of sp³-hybridized carbons (Fsp3) is 0.800. The predicted molar refractivity (Wildman–Crippen MR) is 59.2 cm³/mol. The highest BCUT2D eigenvalue weighted by Crippen LogP contribution is 2.36. The lowest BCUT2D eigenvalue weighted by atomic mass is 10.1. The van der Waals surface area contributed by atoms with Gasteiger partial charge in [-0.1, -0.05) is 45.1 Å². The maximum atomic E-state index is 10.4. The molecule has 84 valence electrons. The summed E-state index contributed by atoms with van der Waals surface area (Å²) in [4.78, 5) is 17.0. The summed E-state index contributed by atoms with van der Waals surface area (Å²) in [7, 11) is -3.91. The zero-order valence-electron chi connectivity index (χ0n) is 8.85. The molecule has 0 atom stereocenters. The first-order valence-corrected chi connectivity index (χ1v) is 6.97. The Hall–Kier alpha value is -0.110. The van der Waals surface area contributed by atoms with Crippen LogP contribution in [0.3, 0.4) is 0 Å². The molecular weight excluding hydrogens is 199 g/mol. The van der Waals surface area contributed by atoms with Crippen molar-refractivity contribution >= 4 is 7.60 Å². The van der Waals surface area contributed by atoms with Crippen molar-refractivity contribution in [3.63, 3.8) is 0 Å². The molecule has 0 fully saturated rings. The third kappa shape index (κ3) is 11.9. The van der Waals surface area contributed by atoms with E-state index in [1.54, 1.807) is 6.08 Å². The largest absolute Gasteiger partial charge is 0.348 e. The van der Waals surface area contributed by atoms with E-state index in [1.165, 1.54) is 25.7 Å². The van der Waals surface area contributed by atoms with Crippen molar-refractivity contribution < 1.29 is 14.4 Å². The zero-order chi connectivity index (χ0) is 10.9. The highest BCUT2D eigenvalue weighted by molar-refractivity contribution is 7.55. The normalized spacial score (nSPS) is 12.5. The number of allylic oxidation sites excluding steroid dienone is 1. The van der Waals surface area contributed by atoms with Crippen molar-refractivity contribution in [2.24, 2.45) is 0 Å². The zero-order valence-corrected chi connectivity index (χ0v) is 9.75. The predicted octanol–water partition coefficient (Wildman–Crippen LogP) is 3.43. The van der Waals surface area contributed by atoms with Crippen LogP contribution in [0.15, 0.2) is 11.9 Å². The maximum absolute atomic E-state index is 10.4. The van der Waals surface area contributed by atoms with E-state index in [0.29, 0.717) is 0 Å². The second-order valence-electron chi connectivity index (χ2n) is 3.53. The van der Waals surface area contributed by atoms with Crippen LogP contribution in [-0.4, -0.2) is 9.79 Å². The molecule has 0 aliphatic heterocycles. The summed E-state index contributed by atoms with van der Waals surface area (Å²) in [6.45, 7) is 2.18.